The average Bonchev–Trinajstić information content (AvgIpc) is 2.55. The van der Waals surface area contributed by atoms with Gasteiger partial charge >= 0.3 is 0 Å². The van der Waals surface area contributed by atoms with Gasteiger partial charge in [-0.2, -0.15) is 0 Å². The molecule has 1 heterocycles. The van der Waals surface area contributed by atoms with E-state index in [0.717, 1.165) is 0 Å². The van der Waals surface area contributed by atoms with Crippen molar-refractivity contribution in [3.05, 3.63) is 58.9 Å². The highest BCUT2D eigenvalue weighted by Crippen LogP contribution is 2.26. The smallest absolute Gasteiger partial charge is 0.224 e. The van der Waals surface area contributed by atoms with Crippen LogP contribution < -0.4 is 10.1 Å². The van der Waals surface area contributed by atoms with Crippen molar-refractivity contribution in [3.63, 3.8) is 0 Å². The molecule has 0 spiro atoms. The highest BCUT2D eigenvalue weighted by molar-refractivity contribution is 6.31. The summed E-state index contributed by atoms with van der Waals surface area (Å²) in [5.74, 6) is 0.330. The summed E-state index contributed by atoms with van der Waals surface area (Å²) < 4.78 is 5.20. The summed E-state index contributed by atoms with van der Waals surface area (Å²) in [5, 5.41) is 13.2. The Kier molecular flexibility index (Phi) is 5.75. The molecule has 1 atom stereocenters. The van der Waals surface area contributed by atoms with Crippen LogP contribution in [0, 0.1) is 0 Å². The van der Waals surface area contributed by atoms with Crippen molar-refractivity contribution in [1.29, 1.82) is 0 Å². The number of aliphatic hydroxyl groups excluding tert-OH is 1. The Balaban J connectivity index is 1.94. The van der Waals surface area contributed by atoms with E-state index < -0.39 is 6.10 Å². The fourth-order valence-corrected chi connectivity index (χ4v) is 2.27. The van der Waals surface area contributed by atoms with E-state index in [0.29, 0.717) is 21.9 Å². The number of methoxy groups -OCH3 is 1. The maximum Gasteiger partial charge on any atom is 0.224 e. The molecule has 0 saturated heterocycles. The third-order valence-electron chi connectivity index (χ3n) is 3.22. The Morgan fingerprint density at radius 3 is 2.77 bits per heavy atom. The van der Waals surface area contributed by atoms with Crippen LogP contribution in [-0.4, -0.2) is 29.7 Å². The molecular formula is C16H17ClN2O3. The fraction of sp³-hybridized carbons (Fsp3) is 0.250. The van der Waals surface area contributed by atoms with Gasteiger partial charge in [-0.15, -0.1) is 0 Å². The zero-order valence-corrected chi connectivity index (χ0v) is 12.9. The lowest BCUT2D eigenvalue weighted by Gasteiger charge is -2.13. The molecule has 2 aromatic rings. The van der Waals surface area contributed by atoms with Gasteiger partial charge in [0.2, 0.25) is 5.91 Å². The number of amides is 1. The van der Waals surface area contributed by atoms with Gasteiger partial charge in [-0.25, -0.2) is 0 Å². The van der Waals surface area contributed by atoms with Crippen molar-refractivity contribution in [1.82, 2.24) is 10.3 Å². The van der Waals surface area contributed by atoms with Gasteiger partial charge in [-0.1, -0.05) is 17.7 Å². The Bertz CT molecular complexity index is 635. The third kappa shape index (κ3) is 4.19. The average molecular weight is 321 g/mol. The number of carbonyl (C=O) groups is 1. The molecule has 0 fully saturated rings. The summed E-state index contributed by atoms with van der Waals surface area (Å²) >= 11 is 6.09. The highest BCUT2D eigenvalue weighted by atomic mass is 35.5. The number of ether oxygens (including phenoxy) is 1. The van der Waals surface area contributed by atoms with Gasteiger partial charge in [0.1, 0.15) is 5.75 Å². The first-order valence-electron chi connectivity index (χ1n) is 6.78. The fourth-order valence-electron chi connectivity index (χ4n) is 2.04. The van der Waals surface area contributed by atoms with Crippen molar-refractivity contribution in [3.8, 4) is 5.75 Å². The zero-order chi connectivity index (χ0) is 15.9. The number of carbonyl (C=O) groups excluding carboxylic acids is 1. The van der Waals surface area contributed by atoms with Crippen molar-refractivity contribution in [2.24, 2.45) is 0 Å². The van der Waals surface area contributed by atoms with Crippen LogP contribution in [0.15, 0.2) is 42.7 Å². The largest absolute Gasteiger partial charge is 0.496 e. The number of aromatic nitrogens is 1. The molecule has 0 bridgehead atoms. The molecule has 2 rings (SSSR count). The summed E-state index contributed by atoms with van der Waals surface area (Å²) in [7, 11) is 1.53. The molecule has 1 aromatic heterocycles. The van der Waals surface area contributed by atoms with Crippen LogP contribution in [0.5, 0.6) is 5.75 Å². The van der Waals surface area contributed by atoms with Gasteiger partial charge in [-0.3, -0.25) is 9.78 Å². The van der Waals surface area contributed by atoms with Crippen LogP contribution in [0.25, 0.3) is 0 Å². The van der Waals surface area contributed by atoms with Gasteiger partial charge in [0, 0.05) is 29.5 Å². The molecule has 6 heteroatoms. The number of nitrogens with zero attached hydrogens (tertiary/aromatic N) is 1. The molecule has 0 aliphatic rings. The maximum absolute atomic E-state index is 12.0. The Morgan fingerprint density at radius 2 is 2.09 bits per heavy atom. The van der Waals surface area contributed by atoms with E-state index in [1.54, 1.807) is 42.7 Å². The third-order valence-corrected chi connectivity index (χ3v) is 3.57. The van der Waals surface area contributed by atoms with Crippen LogP contribution in [0.1, 0.15) is 17.2 Å². The number of rotatable bonds is 6. The van der Waals surface area contributed by atoms with Crippen molar-refractivity contribution >= 4 is 17.5 Å². The summed E-state index contributed by atoms with van der Waals surface area (Å²) in [4.78, 5) is 15.9. The van der Waals surface area contributed by atoms with E-state index in [9.17, 15) is 9.90 Å². The second-order valence-electron chi connectivity index (χ2n) is 4.70. The van der Waals surface area contributed by atoms with E-state index in [1.165, 1.54) is 7.11 Å². The predicted octanol–water partition coefficient (Wildman–Crippen LogP) is 2.14. The van der Waals surface area contributed by atoms with Crippen LogP contribution in [-0.2, 0) is 11.2 Å². The minimum atomic E-state index is -0.778. The lowest BCUT2D eigenvalue weighted by atomic mass is 10.1. The van der Waals surface area contributed by atoms with Crippen LogP contribution in [0.4, 0.5) is 0 Å². The first-order chi connectivity index (χ1) is 10.6. The number of hydrogen-bond donors (Lipinski definition) is 2. The summed E-state index contributed by atoms with van der Waals surface area (Å²) in [5.41, 5.74) is 1.33. The lowest BCUT2D eigenvalue weighted by Crippen LogP contribution is -2.29. The van der Waals surface area contributed by atoms with E-state index in [4.69, 9.17) is 16.3 Å². The van der Waals surface area contributed by atoms with Crippen LogP contribution in [0.3, 0.4) is 0 Å². The molecule has 0 saturated carbocycles. The standard InChI is InChI=1S/C16H17ClN2O3/c1-22-15-4-2-3-13(17)12(15)9-16(21)19-10-14(20)11-5-7-18-8-6-11/h2-8,14,20H,9-10H2,1H3,(H,19,21)/t14-/m0/s1. The zero-order valence-electron chi connectivity index (χ0n) is 12.1. The molecule has 22 heavy (non-hydrogen) atoms. The number of halogens is 1. The van der Waals surface area contributed by atoms with Crippen molar-refractivity contribution in [2.75, 3.05) is 13.7 Å². The number of pyridine rings is 1. The van der Waals surface area contributed by atoms with Gasteiger partial charge in [0.25, 0.3) is 0 Å². The van der Waals surface area contributed by atoms with Gasteiger partial charge in [0.05, 0.1) is 19.6 Å². The van der Waals surface area contributed by atoms with Gasteiger partial charge in [0.15, 0.2) is 0 Å². The highest BCUT2D eigenvalue weighted by Gasteiger charge is 2.14. The molecule has 0 radical (unpaired) electrons. The van der Waals surface area contributed by atoms with Gasteiger partial charge < -0.3 is 15.2 Å². The van der Waals surface area contributed by atoms with Crippen LogP contribution in [0.2, 0.25) is 5.02 Å². The Labute approximate surface area is 133 Å². The van der Waals surface area contributed by atoms with E-state index in [-0.39, 0.29) is 18.9 Å². The van der Waals surface area contributed by atoms with E-state index >= 15 is 0 Å². The predicted molar refractivity (Wildman–Crippen MR) is 83.9 cm³/mol. The summed E-state index contributed by atoms with van der Waals surface area (Å²) in [6, 6.07) is 8.62. The van der Waals surface area contributed by atoms with Crippen molar-refractivity contribution < 1.29 is 14.6 Å². The van der Waals surface area contributed by atoms with Gasteiger partial charge in [-0.05, 0) is 29.8 Å². The molecule has 5 nitrogen and oxygen atoms in total. The monoisotopic (exact) mass is 320 g/mol. The molecule has 1 aromatic carbocycles. The lowest BCUT2D eigenvalue weighted by molar-refractivity contribution is -0.120. The molecule has 2 N–H and O–H groups in total. The minimum absolute atomic E-state index is 0.0892. The van der Waals surface area contributed by atoms with E-state index in [1.807, 2.05) is 0 Å². The number of hydrogen-bond acceptors (Lipinski definition) is 4. The quantitative estimate of drug-likeness (QED) is 0.855. The van der Waals surface area contributed by atoms with Crippen molar-refractivity contribution in [2.45, 2.75) is 12.5 Å². The van der Waals surface area contributed by atoms with Crippen LogP contribution >= 0.6 is 11.6 Å². The number of benzene rings is 1. The molecule has 0 unspecified atom stereocenters. The molecule has 0 aliphatic heterocycles. The second-order valence-corrected chi connectivity index (χ2v) is 5.11. The molecule has 0 aliphatic carbocycles. The summed E-state index contributed by atoms with van der Waals surface area (Å²) in [6.07, 6.45) is 2.50. The minimum Gasteiger partial charge on any atom is -0.496 e. The maximum atomic E-state index is 12.0. The molecular weight excluding hydrogens is 304 g/mol. The first kappa shape index (κ1) is 16.3. The first-order valence-corrected chi connectivity index (χ1v) is 7.15. The Morgan fingerprint density at radius 1 is 1.36 bits per heavy atom. The second kappa shape index (κ2) is 7.77. The topological polar surface area (TPSA) is 71.5 Å². The molecule has 1 amide bonds. The van der Waals surface area contributed by atoms with E-state index in [2.05, 4.69) is 10.3 Å². The molecule has 116 valence electrons. The Hall–Kier alpha value is -2.11. The summed E-state index contributed by atoms with van der Waals surface area (Å²) in [6.45, 7) is 0.121. The normalized spacial score (nSPS) is 11.8. The number of aliphatic hydroxyl groups is 1. The number of nitrogens with one attached hydrogen (secondary N) is 1. The SMILES string of the molecule is COc1cccc(Cl)c1CC(=O)NC[C@H](O)c1ccncc1.